The van der Waals surface area contributed by atoms with Gasteiger partial charge in [-0.05, 0) is 58.0 Å². The quantitative estimate of drug-likeness (QED) is 0.355. The van der Waals surface area contributed by atoms with Gasteiger partial charge in [-0.25, -0.2) is 14.6 Å². The molecule has 0 aliphatic carbocycles. The van der Waals surface area contributed by atoms with Gasteiger partial charge in [-0.15, -0.1) is 5.10 Å². The van der Waals surface area contributed by atoms with E-state index in [9.17, 15) is 18.0 Å². The highest BCUT2D eigenvalue weighted by Gasteiger charge is 2.36. The summed E-state index contributed by atoms with van der Waals surface area (Å²) >= 11 is 0. The Balaban J connectivity index is 1.76. The Morgan fingerprint density at radius 2 is 1.79 bits per heavy atom. The summed E-state index contributed by atoms with van der Waals surface area (Å²) in [6.07, 6.45) is -3.89. The van der Waals surface area contributed by atoms with E-state index in [2.05, 4.69) is 20.4 Å². The standard InChI is InChI=1S/C26H27F3N6O3/c1-5-37-17-9-10-20-18(12-17)24(35-13-19(22(30)34-35)26(27,28)29)32-23(31-20)15-7-6-8-16(11-15)38-14-21(36)33-25(2,3)4/h6-13H,5,14H2,1-4H3,(H2,30,34)(H,33,36). The molecule has 0 saturated carbocycles. The van der Waals surface area contributed by atoms with Crippen molar-refractivity contribution >= 4 is 22.6 Å². The lowest BCUT2D eigenvalue weighted by atomic mass is 10.1. The molecule has 200 valence electrons. The van der Waals surface area contributed by atoms with E-state index in [4.69, 9.17) is 15.2 Å². The number of nitrogens with one attached hydrogen (secondary N) is 1. The lowest BCUT2D eigenvalue weighted by Crippen LogP contribution is -2.43. The minimum absolute atomic E-state index is 0.0876. The summed E-state index contributed by atoms with van der Waals surface area (Å²) in [6.45, 7) is 7.61. The first kappa shape index (κ1) is 26.7. The van der Waals surface area contributed by atoms with Gasteiger partial charge in [0.1, 0.15) is 17.1 Å². The fraction of sp³-hybridized carbons (Fsp3) is 0.308. The van der Waals surface area contributed by atoms with Gasteiger partial charge in [-0.3, -0.25) is 4.79 Å². The highest BCUT2D eigenvalue weighted by atomic mass is 19.4. The van der Waals surface area contributed by atoms with E-state index < -0.39 is 23.1 Å². The van der Waals surface area contributed by atoms with E-state index in [0.29, 0.717) is 34.6 Å². The molecule has 2 heterocycles. The Hall–Kier alpha value is -4.35. The Labute approximate surface area is 216 Å². The molecule has 38 heavy (non-hydrogen) atoms. The number of carbonyl (C=O) groups is 1. The molecule has 0 radical (unpaired) electrons. The molecule has 3 N–H and O–H groups in total. The summed E-state index contributed by atoms with van der Waals surface area (Å²) in [7, 11) is 0. The molecule has 4 aromatic rings. The van der Waals surface area contributed by atoms with Crippen LogP contribution in [0.25, 0.3) is 28.1 Å². The van der Waals surface area contributed by atoms with Gasteiger partial charge in [0.05, 0.1) is 12.1 Å². The zero-order valence-electron chi connectivity index (χ0n) is 21.3. The van der Waals surface area contributed by atoms with Crippen LogP contribution in [0, 0.1) is 0 Å². The van der Waals surface area contributed by atoms with Crippen LogP contribution in [-0.4, -0.2) is 44.4 Å². The lowest BCUT2D eigenvalue weighted by Gasteiger charge is -2.20. The average molecular weight is 529 g/mol. The van der Waals surface area contributed by atoms with Gasteiger partial charge in [-0.2, -0.15) is 13.2 Å². The largest absolute Gasteiger partial charge is 0.494 e. The van der Waals surface area contributed by atoms with Gasteiger partial charge in [-0.1, -0.05) is 12.1 Å². The molecule has 4 rings (SSSR count). The molecular weight excluding hydrogens is 501 g/mol. The Kier molecular flexibility index (Phi) is 7.16. The molecule has 2 aromatic heterocycles. The summed E-state index contributed by atoms with van der Waals surface area (Å²) < 4.78 is 52.5. The molecule has 0 unspecified atom stereocenters. The Morgan fingerprint density at radius 1 is 1.05 bits per heavy atom. The van der Waals surface area contributed by atoms with Crippen LogP contribution in [0.3, 0.4) is 0 Å². The van der Waals surface area contributed by atoms with Crippen LogP contribution in [0.4, 0.5) is 19.0 Å². The smallest absolute Gasteiger partial charge is 0.421 e. The Bertz CT molecular complexity index is 1480. The Morgan fingerprint density at radius 3 is 2.45 bits per heavy atom. The number of benzene rings is 2. The number of anilines is 1. The van der Waals surface area contributed by atoms with Crippen molar-refractivity contribution in [3.8, 4) is 28.7 Å². The number of halogens is 3. The SMILES string of the molecule is CCOc1ccc2nc(-c3cccc(OCC(=O)NC(C)(C)C)c3)nc(-n3cc(C(F)(F)F)c(N)n3)c2c1. The minimum atomic E-state index is -4.69. The molecule has 0 spiro atoms. The number of rotatable bonds is 7. The predicted octanol–water partition coefficient (Wildman–Crippen LogP) is 4.78. The molecule has 0 aliphatic rings. The second-order valence-electron chi connectivity index (χ2n) is 9.47. The maximum atomic E-state index is 13.4. The van der Waals surface area contributed by atoms with Gasteiger partial charge >= 0.3 is 6.18 Å². The van der Waals surface area contributed by atoms with E-state index in [1.807, 2.05) is 27.7 Å². The molecule has 1 amide bonds. The van der Waals surface area contributed by atoms with E-state index in [1.165, 1.54) is 0 Å². The van der Waals surface area contributed by atoms with Crippen molar-refractivity contribution in [2.45, 2.75) is 39.4 Å². The number of carbonyl (C=O) groups excluding carboxylic acids is 1. The van der Waals surface area contributed by atoms with Crippen LogP contribution in [-0.2, 0) is 11.0 Å². The zero-order valence-corrected chi connectivity index (χ0v) is 21.3. The molecule has 0 aliphatic heterocycles. The molecular formula is C26H27F3N6O3. The summed E-state index contributed by atoms with van der Waals surface area (Å²) in [4.78, 5) is 21.3. The van der Waals surface area contributed by atoms with Crippen molar-refractivity contribution in [1.82, 2.24) is 25.1 Å². The van der Waals surface area contributed by atoms with Crippen LogP contribution in [0.15, 0.2) is 48.7 Å². The maximum absolute atomic E-state index is 13.4. The summed E-state index contributed by atoms with van der Waals surface area (Å²) in [5.74, 6) is 0.238. The summed E-state index contributed by atoms with van der Waals surface area (Å²) in [5.41, 5.74) is 5.08. The van der Waals surface area contributed by atoms with Gasteiger partial charge in [0.25, 0.3) is 5.91 Å². The lowest BCUT2D eigenvalue weighted by molar-refractivity contribution is -0.137. The third-order valence-corrected chi connectivity index (χ3v) is 5.20. The third kappa shape index (κ3) is 6.13. The molecule has 12 heteroatoms. The van der Waals surface area contributed by atoms with Crippen molar-refractivity contribution in [3.05, 3.63) is 54.2 Å². The van der Waals surface area contributed by atoms with Crippen LogP contribution >= 0.6 is 0 Å². The fourth-order valence-corrected chi connectivity index (χ4v) is 3.69. The number of fused-ring (bicyclic) bond motifs is 1. The van der Waals surface area contributed by atoms with Gasteiger partial charge in [0, 0.05) is 22.7 Å². The number of nitrogen functional groups attached to an aromatic ring is 1. The van der Waals surface area contributed by atoms with E-state index in [-0.39, 0.29) is 24.2 Å². The number of amides is 1. The molecule has 2 aromatic carbocycles. The van der Waals surface area contributed by atoms with Crippen molar-refractivity contribution < 1.29 is 27.4 Å². The van der Waals surface area contributed by atoms with Gasteiger partial charge in [0.15, 0.2) is 24.1 Å². The number of nitrogens with two attached hydrogens (primary N) is 1. The van der Waals surface area contributed by atoms with Crippen molar-refractivity contribution in [2.24, 2.45) is 0 Å². The number of aromatic nitrogens is 4. The van der Waals surface area contributed by atoms with Gasteiger partial charge < -0.3 is 20.5 Å². The number of alkyl halides is 3. The zero-order chi connectivity index (χ0) is 27.7. The van der Waals surface area contributed by atoms with Gasteiger partial charge in [0.2, 0.25) is 0 Å². The second-order valence-corrected chi connectivity index (χ2v) is 9.47. The molecule has 9 nitrogen and oxygen atoms in total. The molecule has 0 fully saturated rings. The summed E-state index contributed by atoms with van der Waals surface area (Å²) in [5, 5.41) is 7.11. The fourth-order valence-electron chi connectivity index (χ4n) is 3.69. The molecule has 0 saturated heterocycles. The first-order chi connectivity index (χ1) is 17.8. The van der Waals surface area contributed by atoms with Crippen molar-refractivity contribution in [1.29, 1.82) is 0 Å². The monoisotopic (exact) mass is 528 g/mol. The molecule has 0 bridgehead atoms. The van der Waals surface area contributed by atoms with Crippen LogP contribution in [0.2, 0.25) is 0 Å². The van der Waals surface area contributed by atoms with E-state index in [0.717, 1.165) is 10.9 Å². The first-order valence-electron chi connectivity index (χ1n) is 11.8. The minimum Gasteiger partial charge on any atom is -0.494 e. The normalized spacial score (nSPS) is 12.0. The average Bonchev–Trinajstić information content (AvgIpc) is 3.23. The molecule has 0 atom stereocenters. The number of hydrogen-bond acceptors (Lipinski definition) is 7. The maximum Gasteiger partial charge on any atom is 0.421 e. The highest BCUT2D eigenvalue weighted by molar-refractivity contribution is 5.88. The van der Waals surface area contributed by atoms with E-state index >= 15 is 0 Å². The second kappa shape index (κ2) is 10.2. The van der Waals surface area contributed by atoms with E-state index in [1.54, 1.807) is 42.5 Å². The van der Waals surface area contributed by atoms with Crippen molar-refractivity contribution in [2.75, 3.05) is 18.9 Å². The number of ether oxygens (including phenoxy) is 2. The van der Waals surface area contributed by atoms with Crippen molar-refractivity contribution in [3.63, 3.8) is 0 Å². The number of hydrogen-bond donors (Lipinski definition) is 2. The van der Waals surface area contributed by atoms with Crippen LogP contribution < -0.4 is 20.5 Å². The number of nitrogens with zero attached hydrogens (tertiary/aromatic N) is 4. The summed E-state index contributed by atoms with van der Waals surface area (Å²) in [6, 6.07) is 11.8. The van der Waals surface area contributed by atoms with Crippen LogP contribution in [0.1, 0.15) is 33.3 Å². The van der Waals surface area contributed by atoms with Crippen LogP contribution in [0.5, 0.6) is 11.5 Å². The highest BCUT2D eigenvalue weighted by Crippen LogP contribution is 2.35. The third-order valence-electron chi connectivity index (χ3n) is 5.20. The first-order valence-corrected chi connectivity index (χ1v) is 11.8. The predicted molar refractivity (Wildman–Crippen MR) is 136 cm³/mol. The topological polar surface area (TPSA) is 117 Å².